The van der Waals surface area contributed by atoms with Crippen LogP contribution in [-0.4, -0.2) is 39.8 Å². The van der Waals surface area contributed by atoms with Crippen molar-refractivity contribution in [1.29, 1.82) is 0 Å². The molecular formula is C25H37N7O2. The lowest BCUT2D eigenvalue weighted by atomic mass is 9.83. The maximum atomic E-state index is 6.58. The molecule has 0 aliphatic heterocycles. The zero-order valence-electron chi connectivity index (χ0n) is 20.1. The number of pyridine rings is 1. The standard InChI is InChI=1S/C25H37N7O2/c1-32(27)20(15-28-25-30-22(34-31-25)14-16-6-5-7-16)23(26)19-12-13-21(24(29-19)17-10-11-17)33-18-8-3-2-4-9-18/h12-13,16-18H,2-11,14-15,26-27H2,1H3,(H,28,31)/b23-20-. The number of aromatic nitrogens is 3. The molecule has 2 aromatic heterocycles. The van der Waals surface area contributed by atoms with Gasteiger partial charge in [0.1, 0.15) is 5.75 Å². The van der Waals surface area contributed by atoms with E-state index in [1.54, 1.807) is 7.05 Å². The molecule has 0 bridgehead atoms. The SMILES string of the molecule is CN(N)/C(CNc1noc(CC2CCC2)n1)=C(\N)c1ccc(OC2CCCCC2)c(C2CC2)n1. The summed E-state index contributed by atoms with van der Waals surface area (Å²) in [5.74, 6) is 9.31. The van der Waals surface area contributed by atoms with Crippen LogP contribution in [0.4, 0.5) is 5.95 Å². The Hall–Kier alpha value is -2.81. The van der Waals surface area contributed by atoms with Gasteiger partial charge in [-0.1, -0.05) is 12.8 Å². The zero-order valence-corrected chi connectivity index (χ0v) is 20.1. The average Bonchev–Trinajstić information content (AvgIpc) is 3.56. The van der Waals surface area contributed by atoms with Crippen molar-refractivity contribution in [3.8, 4) is 5.75 Å². The summed E-state index contributed by atoms with van der Waals surface area (Å²) >= 11 is 0. The van der Waals surface area contributed by atoms with Crippen LogP contribution in [0, 0.1) is 5.92 Å². The molecule has 0 saturated heterocycles. The van der Waals surface area contributed by atoms with Gasteiger partial charge in [-0.25, -0.2) is 10.8 Å². The number of rotatable bonds is 10. The summed E-state index contributed by atoms with van der Waals surface area (Å²) < 4.78 is 11.8. The van der Waals surface area contributed by atoms with E-state index in [1.807, 2.05) is 12.1 Å². The van der Waals surface area contributed by atoms with Gasteiger partial charge in [-0.3, -0.25) is 0 Å². The first-order chi connectivity index (χ1) is 16.6. The highest BCUT2D eigenvalue weighted by Crippen LogP contribution is 2.44. The number of nitrogens with two attached hydrogens (primary N) is 2. The number of anilines is 1. The van der Waals surface area contributed by atoms with Crippen LogP contribution in [0.25, 0.3) is 5.70 Å². The van der Waals surface area contributed by atoms with Crippen molar-refractivity contribution in [3.63, 3.8) is 0 Å². The highest BCUT2D eigenvalue weighted by Gasteiger charge is 2.30. The Morgan fingerprint density at radius 1 is 1.09 bits per heavy atom. The fourth-order valence-electron chi connectivity index (χ4n) is 4.80. The lowest BCUT2D eigenvalue weighted by Gasteiger charge is -2.24. The highest BCUT2D eigenvalue weighted by molar-refractivity contribution is 5.64. The maximum Gasteiger partial charge on any atom is 0.263 e. The van der Waals surface area contributed by atoms with Crippen molar-refractivity contribution in [2.24, 2.45) is 17.5 Å². The molecule has 0 aromatic carbocycles. The van der Waals surface area contributed by atoms with Gasteiger partial charge in [0, 0.05) is 19.4 Å². The van der Waals surface area contributed by atoms with Crippen LogP contribution >= 0.6 is 0 Å². The third-order valence-electron chi connectivity index (χ3n) is 7.28. The zero-order chi connectivity index (χ0) is 23.5. The Morgan fingerprint density at radius 3 is 2.56 bits per heavy atom. The van der Waals surface area contributed by atoms with Crippen molar-refractivity contribution in [3.05, 3.63) is 35.1 Å². The average molecular weight is 468 g/mol. The molecule has 0 radical (unpaired) electrons. The number of hydrogen-bond donors (Lipinski definition) is 3. The van der Waals surface area contributed by atoms with Crippen molar-refractivity contribution in [1.82, 2.24) is 20.1 Å². The smallest absolute Gasteiger partial charge is 0.263 e. The lowest BCUT2D eigenvalue weighted by molar-refractivity contribution is 0.153. The van der Waals surface area contributed by atoms with Gasteiger partial charge in [-0.2, -0.15) is 4.98 Å². The molecule has 3 fully saturated rings. The van der Waals surface area contributed by atoms with Gasteiger partial charge in [0.25, 0.3) is 5.95 Å². The summed E-state index contributed by atoms with van der Waals surface area (Å²) in [4.78, 5) is 9.41. The summed E-state index contributed by atoms with van der Waals surface area (Å²) in [5.41, 5.74) is 9.55. The van der Waals surface area contributed by atoms with Crippen LogP contribution < -0.4 is 21.6 Å². The van der Waals surface area contributed by atoms with Gasteiger partial charge >= 0.3 is 0 Å². The quantitative estimate of drug-likeness (QED) is 0.351. The highest BCUT2D eigenvalue weighted by atomic mass is 16.5. The molecule has 3 aliphatic rings. The van der Waals surface area contributed by atoms with Gasteiger partial charge < -0.3 is 25.3 Å². The molecule has 2 heterocycles. The van der Waals surface area contributed by atoms with E-state index in [-0.39, 0.29) is 0 Å². The van der Waals surface area contributed by atoms with E-state index in [0.29, 0.717) is 53.4 Å². The first kappa shape index (κ1) is 23.0. The topological polar surface area (TPSA) is 128 Å². The number of hydrogen-bond acceptors (Lipinski definition) is 9. The Morgan fingerprint density at radius 2 is 1.88 bits per heavy atom. The molecule has 9 nitrogen and oxygen atoms in total. The Balaban J connectivity index is 1.30. The van der Waals surface area contributed by atoms with Crippen LogP contribution in [0.1, 0.15) is 87.4 Å². The molecule has 2 aromatic rings. The molecule has 3 saturated carbocycles. The number of nitrogens with one attached hydrogen (secondary N) is 1. The third-order valence-corrected chi connectivity index (χ3v) is 7.28. The van der Waals surface area contributed by atoms with Gasteiger partial charge in [-0.15, -0.1) is 0 Å². The minimum atomic E-state index is 0.297. The minimum absolute atomic E-state index is 0.297. The van der Waals surface area contributed by atoms with Crippen LogP contribution in [0.5, 0.6) is 5.75 Å². The predicted octanol–water partition coefficient (Wildman–Crippen LogP) is 3.94. The van der Waals surface area contributed by atoms with E-state index >= 15 is 0 Å². The molecular weight excluding hydrogens is 430 g/mol. The molecule has 3 aliphatic carbocycles. The monoisotopic (exact) mass is 467 g/mol. The van der Waals surface area contributed by atoms with Gasteiger partial charge in [0.15, 0.2) is 0 Å². The van der Waals surface area contributed by atoms with Crippen LogP contribution in [0.15, 0.2) is 22.4 Å². The molecule has 0 unspecified atom stereocenters. The molecule has 0 atom stereocenters. The lowest BCUT2D eigenvalue weighted by Crippen LogP contribution is -2.32. The summed E-state index contributed by atoms with van der Waals surface area (Å²) in [7, 11) is 1.77. The third kappa shape index (κ3) is 5.46. The predicted molar refractivity (Wildman–Crippen MR) is 131 cm³/mol. The summed E-state index contributed by atoms with van der Waals surface area (Å²) in [6.45, 7) is 0.363. The molecule has 9 heteroatoms. The fourth-order valence-corrected chi connectivity index (χ4v) is 4.80. The molecule has 184 valence electrons. The van der Waals surface area contributed by atoms with Gasteiger partial charge in [0.2, 0.25) is 5.89 Å². The van der Waals surface area contributed by atoms with Crippen molar-refractivity contribution in [2.45, 2.75) is 82.7 Å². The summed E-state index contributed by atoms with van der Waals surface area (Å²) in [6.07, 6.45) is 13.3. The van der Waals surface area contributed by atoms with E-state index in [1.165, 1.54) is 43.5 Å². The van der Waals surface area contributed by atoms with E-state index in [0.717, 1.165) is 43.5 Å². The molecule has 0 spiro atoms. The van der Waals surface area contributed by atoms with Gasteiger partial charge in [-0.05, 0) is 74.6 Å². The van der Waals surface area contributed by atoms with Crippen molar-refractivity contribution < 1.29 is 9.26 Å². The number of nitrogens with zero attached hydrogens (tertiary/aromatic N) is 4. The molecule has 34 heavy (non-hydrogen) atoms. The van der Waals surface area contributed by atoms with E-state index in [2.05, 4.69) is 15.5 Å². The first-order valence-electron chi connectivity index (χ1n) is 12.8. The number of likely N-dealkylation sites (N-methyl/N-ethyl adjacent to an activating group) is 1. The Kier molecular flexibility index (Phi) is 6.89. The second-order valence-corrected chi connectivity index (χ2v) is 10.1. The molecule has 5 N–H and O–H groups in total. The van der Waals surface area contributed by atoms with Crippen molar-refractivity contribution in [2.75, 3.05) is 18.9 Å². The second kappa shape index (κ2) is 10.2. The van der Waals surface area contributed by atoms with E-state index in [4.69, 9.17) is 25.8 Å². The molecule has 0 amide bonds. The summed E-state index contributed by atoms with van der Waals surface area (Å²) in [6, 6.07) is 3.97. The normalized spacial score (nSPS) is 19.9. The molecule has 5 rings (SSSR count). The second-order valence-electron chi connectivity index (χ2n) is 10.1. The Bertz CT molecular complexity index is 1000. The van der Waals surface area contributed by atoms with Crippen LogP contribution in [0.3, 0.4) is 0 Å². The van der Waals surface area contributed by atoms with E-state index < -0.39 is 0 Å². The van der Waals surface area contributed by atoms with E-state index in [9.17, 15) is 0 Å². The van der Waals surface area contributed by atoms with Gasteiger partial charge in [0.05, 0.1) is 35.4 Å². The fraction of sp³-hybridized carbons (Fsp3) is 0.640. The van der Waals surface area contributed by atoms with Crippen LogP contribution in [0.2, 0.25) is 0 Å². The first-order valence-corrected chi connectivity index (χ1v) is 12.8. The number of hydrazine groups is 1. The van der Waals surface area contributed by atoms with Crippen molar-refractivity contribution >= 4 is 11.6 Å². The van der Waals surface area contributed by atoms with Crippen LogP contribution in [-0.2, 0) is 6.42 Å². The minimum Gasteiger partial charge on any atom is -0.489 e. The maximum absolute atomic E-state index is 6.58. The Labute approximate surface area is 201 Å². The largest absolute Gasteiger partial charge is 0.489 e. The summed E-state index contributed by atoms with van der Waals surface area (Å²) in [5, 5.41) is 8.76. The number of ether oxygens (including phenoxy) is 1.